The van der Waals surface area contributed by atoms with Crippen molar-refractivity contribution in [3.05, 3.63) is 124 Å². The molecule has 1 amide bonds. The first kappa shape index (κ1) is 31.2. The first-order valence-corrected chi connectivity index (χ1v) is 15.8. The van der Waals surface area contributed by atoms with Crippen molar-refractivity contribution in [2.24, 2.45) is 4.99 Å². The smallest absolute Gasteiger partial charge is 0.271 e. The molecule has 1 aliphatic heterocycles. The van der Waals surface area contributed by atoms with E-state index in [0.29, 0.717) is 55.6 Å². The average molecular weight is 649 g/mol. The van der Waals surface area contributed by atoms with Gasteiger partial charge in [0.15, 0.2) is 4.80 Å². The number of rotatable bonds is 9. The molecule has 1 aliphatic rings. The second kappa shape index (κ2) is 13.2. The number of halogens is 1. The van der Waals surface area contributed by atoms with E-state index in [1.165, 1.54) is 39.8 Å². The van der Waals surface area contributed by atoms with E-state index in [4.69, 9.17) is 21.3 Å². The lowest BCUT2D eigenvalue weighted by Crippen LogP contribution is -2.43. The predicted octanol–water partition coefficient (Wildman–Crippen LogP) is 5.83. The molecule has 226 valence electrons. The van der Waals surface area contributed by atoms with Crippen molar-refractivity contribution in [1.29, 1.82) is 0 Å². The lowest BCUT2D eigenvalue weighted by atomic mass is 9.94. The average Bonchev–Trinajstić information content (AvgIpc) is 3.32. The van der Waals surface area contributed by atoms with Crippen molar-refractivity contribution in [3.8, 4) is 5.75 Å². The summed E-state index contributed by atoms with van der Waals surface area (Å²) >= 11 is 8.63. The summed E-state index contributed by atoms with van der Waals surface area (Å²) in [7, 11) is 1.55. The molecule has 44 heavy (non-hydrogen) atoms. The van der Waals surface area contributed by atoms with Gasteiger partial charge in [-0.3, -0.25) is 24.3 Å². The number of nitro groups is 1. The highest BCUT2D eigenvalue weighted by molar-refractivity contribution is 7.99. The minimum absolute atomic E-state index is 0.0978. The Bertz CT molecular complexity index is 1960. The molecule has 0 N–H and O–H groups in total. The fourth-order valence-electron chi connectivity index (χ4n) is 5.09. The molecular weight excluding hydrogens is 620 g/mol. The third kappa shape index (κ3) is 6.08. The van der Waals surface area contributed by atoms with E-state index in [9.17, 15) is 19.7 Å². The van der Waals surface area contributed by atoms with E-state index in [-0.39, 0.29) is 17.2 Å². The van der Waals surface area contributed by atoms with Gasteiger partial charge in [0.05, 0.1) is 27.8 Å². The molecule has 3 aromatic carbocycles. The van der Waals surface area contributed by atoms with Crippen molar-refractivity contribution < 1.29 is 14.5 Å². The zero-order valence-corrected chi connectivity index (χ0v) is 26.8. The van der Waals surface area contributed by atoms with Crippen LogP contribution in [0, 0.1) is 10.1 Å². The standard InChI is InChI=1S/C32H29ClN4O5S2/c1-5-35(6-2)31(39)28-19(3)34-32-36(29(28)24-9-7-8-10-25(24)42-4)30(38)27(44-32)18-20-17-22(37(40)41)13-16-26(20)43-23-14-11-21(33)12-15-23/h7-18,29H,5-6H2,1-4H3/b27-18-/t29-/m0/s1. The number of hydrogen-bond acceptors (Lipinski definition) is 8. The van der Waals surface area contributed by atoms with E-state index in [1.54, 1.807) is 49.3 Å². The summed E-state index contributed by atoms with van der Waals surface area (Å²) in [4.78, 5) is 47.8. The van der Waals surface area contributed by atoms with E-state index in [1.807, 2.05) is 44.2 Å². The number of hydrogen-bond donors (Lipinski definition) is 0. The molecule has 0 saturated heterocycles. The fourth-order valence-corrected chi connectivity index (χ4v) is 7.15. The highest BCUT2D eigenvalue weighted by atomic mass is 35.5. The Kier molecular flexibility index (Phi) is 9.38. The lowest BCUT2D eigenvalue weighted by molar-refractivity contribution is -0.384. The van der Waals surface area contributed by atoms with E-state index in [0.717, 1.165) is 9.79 Å². The van der Waals surface area contributed by atoms with Crippen LogP contribution in [0.3, 0.4) is 0 Å². The summed E-state index contributed by atoms with van der Waals surface area (Å²) < 4.78 is 7.53. The molecule has 0 aliphatic carbocycles. The number of nitrogens with zero attached hydrogens (tertiary/aromatic N) is 4. The van der Waals surface area contributed by atoms with Crippen LogP contribution in [0.2, 0.25) is 5.02 Å². The molecule has 0 unspecified atom stereocenters. The van der Waals surface area contributed by atoms with Crippen LogP contribution >= 0.6 is 34.7 Å². The van der Waals surface area contributed by atoms with Gasteiger partial charge in [0.25, 0.3) is 17.2 Å². The normalized spacial score (nSPS) is 14.7. The van der Waals surface area contributed by atoms with Crippen molar-refractivity contribution in [2.75, 3.05) is 20.2 Å². The largest absolute Gasteiger partial charge is 0.496 e. The summed E-state index contributed by atoms with van der Waals surface area (Å²) in [5, 5.41) is 12.3. The Morgan fingerprint density at radius 1 is 1.16 bits per heavy atom. The number of carbonyl (C=O) groups excluding carboxylic acids is 1. The molecule has 5 rings (SSSR count). The molecule has 2 heterocycles. The zero-order chi connectivity index (χ0) is 31.5. The number of non-ortho nitro benzene ring substituents is 1. The van der Waals surface area contributed by atoms with Gasteiger partial charge in [0, 0.05) is 45.6 Å². The van der Waals surface area contributed by atoms with Gasteiger partial charge in [-0.15, -0.1) is 0 Å². The number of amides is 1. The number of aromatic nitrogens is 1. The van der Waals surface area contributed by atoms with Crippen molar-refractivity contribution in [1.82, 2.24) is 9.47 Å². The Labute approximate surface area is 266 Å². The Hall–Kier alpha value is -4.19. The van der Waals surface area contributed by atoms with Crippen LogP contribution < -0.4 is 19.6 Å². The maximum atomic E-state index is 14.2. The summed E-state index contributed by atoms with van der Waals surface area (Å²) in [5.41, 5.74) is 1.61. The van der Waals surface area contributed by atoms with Gasteiger partial charge >= 0.3 is 0 Å². The summed E-state index contributed by atoms with van der Waals surface area (Å²) in [6.45, 7) is 6.58. The molecule has 0 spiro atoms. The minimum Gasteiger partial charge on any atom is -0.496 e. The van der Waals surface area contributed by atoms with Gasteiger partial charge in [0.2, 0.25) is 0 Å². The Morgan fingerprint density at radius 3 is 2.52 bits per heavy atom. The third-order valence-corrected chi connectivity index (χ3v) is 9.60. The van der Waals surface area contributed by atoms with Crippen molar-refractivity contribution in [2.45, 2.75) is 36.6 Å². The fraction of sp³-hybridized carbons (Fsp3) is 0.219. The second-order valence-corrected chi connectivity index (χ2v) is 12.4. The number of para-hydroxylation sites is 1. The van der Waals surface area contributed by atoms with Crippen LogP contribution in [-0.4, -0.2) is 40.5 Å². The number of nitro benzene ring substituents is 1. The zero-order valence-electron chi connectivity index (χ0n) is 24.4. The Balaban J connectivity index is 1.73. The van der Waals surface area contributed by atoms with Crippen molar-refractivity contribution >= 4 is 52.4 Å². The molecule has 0 bridgehead atoms. The number of ether oxygens (including phenoxy) is 1. The van der Waals surface area contributed by atoms with E-state index >= 15 is 0 Å². The van der Waals surface area contributed by atoms with Gasteiger partial charge in [-0.2, -0.15) is 0 Å². The molecule has 0 fully saturated rings. The monoisotopic (exact) mass is 648 g/mol. The molecule has 1 aromatic heterocycles. The number of thiazole rings is 1. The van der Waals surface area contributed by atoms with Crippen molar-refractivity contribution in [3.63, 3.8) is 0 Å². The second-order valence-electron chi connectivity index (χ2n) is 9.84. The third-order valence-electron chi connectivity index (χ3n) is 7.27. The first-order valence-electron chi connectivity index (χ1n) is 13.8. The quantitative estimate of drug-likeness (QED) is 0.167. The topological polar surface area (TPSA) is 107 Å². The summed E-state index contributed by atoms with van der Waals surface area (Å²) in [6.07, 6.45) is 1.65. The number of allylic oxidation sites excluding steroid dienone is 1. The van der Waals surface area contributed by atoms with Gasteiger partial charge in [-0.05, 0) is 68.8 Å². The van der Waals surface area contributed by atoms with Gasteiger partial charge < -0.3 is 9.64 Å². The van der Waals surface area contributed by atoms with Crippen LogP contribution in [0.25, 0.3) is 6.08 Å². The molecule has 0 radical (unpaired) electrons. The van der Waals surface area contributed by atoms with Gasteiger partial charge in [-0.25, -0.2) is 4.99 Å². The number of likely N-dealkylation sites (N-methyl/N-ethyl adjacent to an activating group) is 1. The van der Waals surface area contributed by atoms with E-state index in [2.05, 4.69) is 0 Å². The van der Waals surface area contributed by atoms with Crippen LogP contribution in [0.15, 0.2) is 97.6 Å². The minimum atomic E-state index is -0.786. The van der Waals surface area contributed by atoms with E-state index < -0.39 is 11.0 Å². The SMILES string of the molecule is CCN(CC)C(=O)C1=C(C)N=c2s/c(=C\c3cc([N+](=O)[O-])ccc3Sc3ccc(Cl)cc3)c(=O)n2[C@H]1c1ccccc1OC. The maximum absolute atomic E-state index is 14.2. The molecular formula is C32H29ClN4O5S2. The highest BCUT2D eigenvalue weighted by Gasteiger charge is 2.35. The maximum Gasteiger partial charge on any atom is 0.271 e. The number of benzene rings is 3. The van der Waals surface area contributed by atoms with Crippen LogP contribution in [0.5, 0.6) is 5.75 Å². The number of fused-ring (bicyclic) bond motifs is 1. The molecule has 4 aromatic rings. The van der Waals surface area contributed by atoms with Crippen LogP contribution in [-0.2, 0) is 4.79 Å². The van der Waals surface area contributed by atoms with Gasteiger partial charge in [-0.1, -0.05) is 52.9 Å². The molecule has 1 atom stereocenters. The van der Waals surface area contributed by atoms with Crippen LogP contribution in [0.4, 0.5) is 5.69 Å². The molecule has 12 heteroatoms. The molecule has 9 nitrogen and oxygen atoms in total. The summed E-state index contributed by atoms with van der Waals surface area (Å²) in [5.74, 6) is 0.328. The highest BCUT2D eigenvalue weighted by Crippen LogP contribution is 2.36. The first-order chi connectivity index (χ1) is 21.2. The number of carbonyl (C=O) groups is 1. The lowest BCUT2D eigenvalue weighted by Gasteiger charge is -2.29. The summed E-state index contributed by atoms with van der Waals surface area (Å²) in [6, 6.07) is 18.3. The molecule has 0 saturated carbocycles. The van der Waals surface area contributed by atoms with Gasteiger partial charge in [0.1, 0.15) is 11.8 Å². The Morgan fingerprint density at radius 2 is 1.86 bits per heavy atom. The van der Waals surface area contributed by atoms with Crippen LogP contribution in [0.1, 0.15) is 37.9 Å². The predicted molar refractivity (Wildman–Crippen MR) is 173 cm³/mol. The number of methoxy groups -OCH3 is 1.